The molecule has 1 unspecified atom stereocenters. The molecule has 0 spiro atoms. The Morgan fingerprint density at radius 3 is 2.45 bits per heavy atom. The van der Waals surface area contributed by atoms with Gasteiger partial charge in [-0.05, 0) is 64.8 Å². The molecule has 2 aliphatic heterocycles. The lowest BCUT2D eigenvalue weighted by Gasteiger charge is -2.30. The third kappa shape index (κ3) is 8.88. The molecule has 8 nitrogen and oxygen atoms in total. The maximum Gasteiger partial charge on any atom is 0.252 e. The van der Waals surface area contributed by atoms with Crippen LogP contribution in [-0.2, 0) is 23.8 Å². The summed E-state index contributed by atoms with van der Waals surface area (Å²) in [6.45, 7) is 10.7. The summed E-state index contributed by atoms with van der Waals surface area (Å²) in [7, 11) is 0. The second-order valence-corrected chi connectivity index (χ2v) is 9.81. The average Bonchev–Trinajstić information content (AvgIpc) is 2.73. The molecule has 2 heterocycles. The van der Waals surface area contributed by atoms with Crippen molar-refractivity contribution in [3.63, 3.8) is 0 Å². The van der Waals surface area contributed by atoms with E-state index in [1.807, 2.05) is 13.8 Å². The first-order chi connectivity index (χ1) is 14.6. The van der Waals surface area contributed by atoms with Gasteiger partial charge in [-0.15, -0.1) is 0 Å². The van der Waals surface area contributed by atoms with Crippen molar-refractivity contribution in [3.05, 3.63) is 11.8 Å². The topological polar surface area (TPSA) is 112 Å². The first kappa shape index (κ1) is 25.8. The minimum absolute atomic E-state index is 0.218. The molecular weight excluding hydrogens is 398 g/mol. The van der Waals surface area contributed by atoms with Crippen LogP contribution in [0.15, 0.2) is 11.8 Å². The molecule has 8 heteroatoms. The summed E-state index contributed by atoms with van der Waals surface area (Å²) in [5.41, 5.74) is 5.10. The number of nitrogens with two attached hydrogens (primary N) is 1. The Bertz CT molecular complexity index is 621. The molecule has 1 atom stereocenters. The van der Waals surface area contributed by atoms with Gasteiger partial charge in [0.15, 0.2) is 6.29 Å². The summed E-state index contributed by atoms with van der Waals surface area (Å²) < 4.78 is 16.8. The van der Waals surface area contributed by atoms with Gasteiger partial charge in [0.05, 0.1) is 12.1 Å². The lowest BCUT2D eigenvalue weighted by atomic mass is 9.90. The van der Waals surface area contributed by atoms with E-state index in [2.05, 4.69) is 10.6 Å². The fourth-order valence-corrected chi connectivity index (χ4v) is 3.57. The molecule has 0 radical (unpaired) electrons. The van der Waals surface area contributed by atoms with Gasteiger partial charge in [-0.3, -0.25) is 14.9 Å². The highest BCUT2D eigenvalue weighted by Gasteiger charge is 2.30. The van der Waals surface area contributed by atoms with Gasteiger partial charge in [0.1, 0.15) is 0 Å². The number of ether oxygens (including phenoxy) is 3. The Morgan fingerprint density at radius 1 is 1.10 bits per heavy atom. The Hall–Kier alpha value is -1.48. The van der Waals surface area contributed by atoms with Crippen molar-refractivity contribution in [1.29, 1.82) is 0 Å². The van der Waals surface area contributed by atoms with Gasteiger partial charge in [0, 0.05) is 37.0 Å². The maximum absolute atomic E-state index is 12.6. The maximum atomic E-state index is 12.6. The molecule has 0 saturated carbocycles. The normalized spacial score (nSPS) is 21.7. The van der Waals surface area contributed by atoms with Gasteiger partial charge >= 0.3 is 0 Å². The first-order valence-corrected chi connectivity index (χ1v) is 11.5. The Morgan fingerprint density at radius 2 is 1.81 bits per heavy atom. The Kier molecular flexibility index (Phi) is 9.93. The van der Waals surface area contributed by atoms with E-state index < -0.39 is 16.9 Å². The van der Waals surface area contributed by atoms with Crippen molar-refractivity contribution in [2.45, 2.75) is 78.0 Å². The summed E-state index contributed by atoms with van der Waals surface area (Å²) in [5, 5.41) is 5.70. The highest BCUT2D eigenvalue weighted by molar-refractivity contribution is 6.04. The van der Waals surface area contributed by atoms with Gasteiger partial charge < -0.3 is 25.3 Å². The third-order valence-corrected chi connectivity index (χ3v) is 6.10. The molecule has 2 aliphatic rings. The molecule has 2 amide bonds. The van der Waals surface area contributed by atoms with E-state index in [-0.39, 0.29) is 12.2 Å². The van der Waals surface area contributed by atoms with Crippen molar-refractivity contribution in [2.24, 2.45) is 17.1 Å². The van der Waals surface area contributed by atoms with Crippen LogP contribution in [0, 0.1) is 11.3 Å². The quantitative estimate of drug-likeness (QED) is 0.448. The lowest BCUT2D eigenvalue weighted by molar-refractivity contribution is -0.173. The van der Waals surface area contributed by atoms with Gasteiger partial charge in [-0.2, -0.15) is 0 Å². The summed E-state index contributed by atoms with van der Waals surface area (Å²) in [6.07, 6.45) is 7.17. The highest BCUT2D eigenvalue weighted by Crippen LogP contribution is 2.25. The number of hydrogen-bond acceptors (Lipinski definition) is 7. The number of carbonyl (C=O) groups excluding carboxylic acids is 2. The SMILES string of the molecule is CC(C)(COC1CCCCO1)C(N)=CC(=O)NC(=O)C(C)(C)NCCC1CCOCC1. The van der Waals surface area contributed by atoms with E-state index in [1.165, 1.54) is 6.08 Å². The van der Waals surface area contributed by atoms with E-state index >= 15 is 0 Å². The van der Waals surface area contributed by atoms with Crippen LogP contribution in [-0.4, -0.2) is 56.6 Å². The smallest absolute Gasteiger partial charge is 0.252 e. The standard InChI is InChI=1S/C23H41N3O5/c1-22(2,16-31-20-7-5-6-12-30-20)18(24)15-19(27)26-21(28)23(3,4)25-11-8-17-9-13-29-14-10-17/h15,17,20,25H,5-14,16,24H2,1-4H3,(H,26,27,28). The largest absolute Gasteiger partial charge is 0.401 e. The van der Waals surface area contributed by atoms with Gasteiger partial charge in [-0.25, -0.2) is 0 Å². The van der Waals surface area contributed by atoms with Crippen molar-refractivity contribution >= 4 is 11.8 Å². The number of rotatable bonds is 10. The molecule has 0 aromatic carbocycles. The van der Waals surface area contributed by atoms with Crippen molar-refractivity contribution in [3.8, 4) is 0 Å². The third-order valence-electron chi connectivity index (χ3n) is 6.10. The van der Waals surface area contributed by atoms with Crippen LogP contribution >= 0.6 is 0 Å². The van der Waals surface area contributed by atoms with E-state index in [9.17, 15) is 9.59 Å². The van der Waals surface area contributed by atoms with Crippen LogP contribution in [0.1, 0.15) is 66.2 Å². The first-order valence-electron chi connectivity index (χ1n) is 11.5. The van der Waals surface area contributed by atoms with Gasteiger partial charge in [0.25, 0.3) is 5.91 Å². The van der Waals surface area contributed by atoms with Gasteiger partial charge in [0.2, 0.25) is 5.91 Å². The lowest BCUT2D eigenvalue weighted by Crippen LogP contribution is -2.54. The molecule has 2 saturated heterocycles. The number of nitrogens with one attached hydrogen (secondary N) is 2. The minimum Gasteiger partial charge on any atom is -0.401 e. The summed E-state index contributed by atoms with van der Waals surface area (Å²) in [6, 6.07) is 0. The summed E-state index contributed by atoms with van der Waals surface area (Å²) in [4.78, 5) is 25.0. The van der Waals surface area contributed by atoms with Gasteiger partial charge in [-0.1, -0.05) is 13.8 Å². The Labute approximate surface area is 186 Å². The molecule has 0 aromatic rings. The summed E-state index contributed by atoms with van der Waals surface area (Å²) in [5.74, 6) is -0.282. The number of amides is 2. The monoisotopic (exact) mass is 439 g/mol. The van der Waals surface area contributed by atoms with Crippen LogP contribution in [0.5, 0.6) is 0 Å². The summed E-state index contributed by atoms with van der Waals surface area (Å²) >= 11 is 0. The molecule has 31 heavy (non-hydrogen) atoms. The number of hydrogen-bond donors (Lipinski definition) is 3. The molecule has 0 aliphatic carbocycles. The fourth-order valence-electron chi connectivity index (χ4n) is 3.57. The molecule has 0 bridgehead atoms. The minimum atomic E-state index is -0.861. The predicted molar refractivity (Wildman–Crippen MR) is 119 cm³/mol. The Balaban J connectivity index is 1.77. The van der Waals surface area contributed by atoms with E-state index in [0.717, 1.165) is 51.7 Å². The number of imide groups is 1. The average molecular weight is 440 g/mol. The molecule has 0 aromatic heterocycles. The number of carbonyl (C=O) groups is 2. The van der Waals surface area contributed by atoms with Crippen LogP contribution in [0.3, 0.4) is 0 Å². The van der Waals surface area contributed by atoms with Crippen LogP contribution in [0.2, 0.25) is 0 Å². The van der Waals surface area contributed by atoms with E-state index in [4.69, 9.17) is 19.9 Å². The molecule has 2 rings (SSSR count). The van der Waals surface area contributed by atoms with Crippen molar-refractivity contribution < 1.29 is 23.8 Å². The fraction of sp³-hybridized carbons (Fsp3) is 0.826. The van der Waals surface area contributed by atoms with Crippen LogP contribution in [0.4, 0.5) is 0 Å². The van der Waals surface area contributed by atoms with Crippen molar-refractivity contribution in [1.82, 2.24) is 10.6 Å². The molecule has 4 N–H and O–H groups in total. The molecular formula is C23H41N3O5. The molecule has 178 valence electrons. The predicted octanol–water partition coefficient (Wildman–Crippen LogP) is 2.23. The van der Waals surface area contributed by atoms with Crippen LogP contribution < -0.4 is 16.4 Å². The molecule has 2 fully saturated rings. The van der Waals surface area contributed by atoms with Crippen LogP contribution in [0.25, 0.3) is 0 Å². The second-order valence-electron chi connectivity index (χ2n) is 9.81. The zero-order chi connectivity index (χ0) is 22.9. The van der Waals surface area contributed by atoms with Crippen molar-refractivity contribution in [2.75, 3.05) is 33.0 Å². The van der Waals surface area contributed by atoms with E-state index in [0.29, 0.717) is 31.4 Å². The zero-order valence-electron chi connectivity index (χ0n) is 19.6. The second kappa shape index (κ2) is 11.9. The highest BCUT2D eigenvalue weighted by atomic mass is 16.7. The zero-order valence-corrected chi connectivity index (χ0v) is 19.6. The van der Waals surface area contributed by atoms with E-state index in [1.54, 1.807) is 13.8 Å².